The molecule has 3 rings (SSSR count). The summed E-state index contributed by atoms with van der Waals surface area (Å²) in [6, 6.07) is 13.9. The maximum Gasteiger partial charge on any atom is 0.261 e. The number of carbonyl (C=O) groups is 1. The van der Waals surface area contributed by atoms with Gasteiger partial charge < -0.3 is 5.32 Å². The molecule has 0 atom stereocenters. The predicted molar refractivity (Wildman–Crippen MR) is 137 cm³/mol. The number of aromatic nitrogens is 1. The van der Waals surface area contributed by atoms with E-state index < -0.39 is 10.0 Å². The molecule has 0 saturated heterocycles. The van der Waals surface area contributed by atoms with Crippen molar-refractivity contribution < 1.29 is 13.2 Å². The molecule has 0 bridgehead atoms. The molecule has 33 heavy (non-hydrogen) atoms. The molecule has 0 aliphatic carbocycles. The minimum absolute atomic E-state index is 0.189. The van der Waals surface area contributed by atoms with E-state index >= 15 is 0 Å². The number of unbranched alkanes of at least 4 members (excludes halogenated alkanes) is 4. The quantitative estimate of drug-likeness (QED) is 0.303. The maximum absolute atomic E-state index is 12.9. The average Bonchev–Trinajstić information content (AvgIpc) is 3.24. The van der Waals surface area contributed by atoms with Crippen LogP contribution in [0.2, 0.25) is 0 Å². The Bertz CT molecular complexity index is 1200. The number of nitrogens with zero attached hydrogens (tertiary/aromatic N) is 1. The molecule has 3 aromatic rings. The second-order valence-corrected chi connectivity index (χ2v) is 10.3. The van der Waals surface area contributed by atoms with E-state index in [4.69, 9.17) is 0 Å². The molecule has 8 heteroatoms. The zero-order valence-corrected chi connectivity index (χ0v) is 20.5. The summed E-state index contributed by atoms with van der Waals surface area (Å²) in [5.41, 5.74) is 2.83. The third-order valence-electron chi connectivity index (χ3n) is 4.92. The first-order valence-corrected chi connectivity index (χ1v) is 13.4. The van der Waals surface area contributed by atoms with Gasteiger partial charge in [-0.15, -0.1) is 11.3 Å². The van der Waals surface area contributed by atoms with Gasteiger partial charge in [0.1, 0.15) is 0 Å². The number of amides is 1. The van der Waals surface area contributed by atoms with Gasteiger partial charge in [0.15, 0.2) is 5.13 Å². The first-order valence-electron chi connectivity index (χ1n) is 11.0. The number of nitrogens with one attached hydrogen (secondary N) is 2. The van der Waals surface area contributed by atoms with E-state index in [1.165, 1.54) is 43.9 Å². The fourth-order valence-electron chi connectivity index (χ4n) is 3.24. The molecule has 0 radical (unpaired) electrons. The van der Waals surface area contributed by atoms with E-state index in [0.29, 0.717) is 16.5 Å². The molecule has 0 unspecified atom stereocenters. The van der Waals surface area contributed by atoms with E-state index in [1.807, 2.05) is 29.7 Å². The first kappa shape index (κ1) is 24.7. The van der Waals surface area contributed by atoms with Crippen LogP contribution in [-0.2, 0) is 14.8 Å². The van der Waals surface area contributed by atoms with Gasteiger partial charge in [0.2, 0.25) is 5.91 Å². The van der Waals surface area contributed by atoms with E-state index in [-0.39, 0.29) is 10.8 Å². The summed E-state index contributed by atoms with van der Waals surface area (Å²) >= 11 is 1.31. The SMILES string of the molecule is CCCCCC/C=C\c1ccc(S(=O)(=O)Nc2cccc(-c3csc(NC(C)=O)n3)c2)cc1. The highest BCUT2D eigenvalue weighted by Gasteiger charge is 2.15. The van der Waals surface area contributed by atoms with Gasteiger partial charge in [-0.2, -0.15) is 0 Å². The number of allylic oxidation sites excluding steroid dienone is 1. The lowest BCUT2D eigenvalue weighted by molar-refractivity contribution is -0.114. The summed E-state index contributed by atoms with van der Waals surface area (Å²) in [6.07, 6.45) is 10.1. The molecule has 1 heterocycles. The van der Waals surface area contributed by atoms with Gasteiger partial charge in [-0.1, -0.05) is 62.6 Å². The van der Waals surface area contributed by atoms with Gasteiger partial charge >= 0.3 is 0 Å². The van der Waals surface area contributed by atoms with Gasteiger partial charge in [-0.25, -0.2) is 13.4 Å². The first-order chi connectivity index (χ1) is 15.9. The predicted octanol–water partition coefficient (Wildman–Crippen LogP) is 6.55. The Labute approximate surface area is 199 Å². The minimum atomic E-state index is -3.72. The molecule has 2 aromatic carbocycles. The van der Waals surface area contributed by atoms with E-state index in [0.717, 1.165) is 17.5 Å². The van der Waals surface area contributed by atoms with Crippen molar-refractivity contribution in [3.05, 3.63) is 65.6 Å². The molecule has 1 amide bonds. The van der Waals surface area contributed by atoms with Crippen LogP contribution in [0.3, 0.4) is 0 Å². The van der Waals surface area contributed by atoms with Gasteiger partial charge in [0.25, 0.3) is 10.0 Å². The molecule has 0 aliphatic rings. The Morgan fingerprint density at radius 2 is 1.88 bits per heavy atom. The van der Waals surface area contributed by atoms with Crippen molar-refractivity contribution in [3.63, 3.8) is 0 Å². The van der Waals surface area contributed by atoms with Gasteiger partial charge in [-0.05, 0) is 42.7 Å². The van der Waals surface area contributed by atoms with Crippen LogP contribution < -0.4 is 10.0 Å². The fraction of sp³-hybridized carbons (Fsp3) is 0.280. The number of thiazole rings is 1. The molecular weight excluding hydrogens is 454 g/mol. The lowest BCUT2D eigenvalue weighted by Gasteiger charge is -2.09. The Hall–Kier alpha value is -2.97. The molecule has 2 N–H and O–H groups in total. The topological polar surface area (TPSA) is 88.2 Å². The number of hydrogen-bond donors (Lipinski definition) is 2. The summed E-state index contributed by atoms with van der Waals surface area (Å²) in [4.78, 5) is 15.8. The van der Waals surface area contributed by atoms with Crippen molar-refractivity contribution in [2.75, 3.05) is 10.0 Å². The highest BCUT2D eigenvalue weighted by Crippen LogP contribution is 2.27. The summed E-state index contributed by atoms with van der Waals surface area (Å²) in [6.45, 7) is 3.62. The lowest BCUT2D eigenvalue weighted by atomic mass is 10.1. The summed E-state index contributed by atoms with van der Waals surface area (Å²) in [5.74, 6) is -0.189. The van der Waals surface area contributed by atoms with Gasteiger partial charge in [0, 0.05) is 23.6 Å². The number of benzene rings is 2. The third-order valence-corrected chi connectivity index (χ3v) is 7.08. The zero-order valence-electron chi connectivity index (χ0n) is 18.9. The molecule has 1 aromatic heterocycles. The highest BCUT2D eigenvalue weighted by atomic mass is 32.2. The van der Waals surface area contributed by atoms with Gasteiger partial charge in [-0.3, -0.25) is 9.52 Å². The monoisotopic (exact) mass is 483 g/mol. The van der Waals surface area contributed by atoms with Crippen LogP contribution in [0.25, 0.3) is 17.3 Å². The summed E-state index contributed by atoms with van der Waals surface area (Å²) in [7, 11) is -3.72. The van der Waals surface area contributed by atoms with Crippen LogP contribution in [0.15, 0.2) is 64.9 Å². The van der Waals surface area contributed by atoms with Crippen LogP contribution >= 0.6 is 11.3 Å². The number of rotatable bonds is 11. The Morgan fingerprint density at radius 3 is 2.61 bits per heavy atom. The second kappa shape index (κ2) is 11.8. The Balaban J connectivity index is 1.65. The molecule has 0 spiro atoms. The summed E-state index contributed by atoms with van der Waals surface area (Å²) in [5, 5.41) is 4.96. The standard InChI is InChI=1S/C25H29N3O3S2/c1-3-4-5-6-7-8-10-20-13-15-23(16-14-20)33(30,31)28-22-12-9-11-21(17-22)24-18-32-25(27-24)26-19(2)29/h8-18,28H,3-7H2,1-2H3,(H,26,27,29)/b10-8-. The molecule has 0 aliphatic heterocycles. The number of anilines is 2. The zero-order chi connectivity index (χ0) is 23.7. The number of hydrogen-bond acceptors (Lipinski definition) is 5. The average molecular weight is 484 g/mol. The highest BCUT2D eigenvalue weighted by molar-refractivity contribution is 7.92. The third kappa shape index (κ3) is 7.54. The van der Waals surface area contributed by atoms with Crippen LogP contribution in [0.4, 0.5) is 10.8 Å². The van der Waals surface area contributed by atoms with E-state index in [2.05, 4.69) is 28.0 Å². The van der Waals surface area contributed by atoms with Crippen molar-refractivity contribution in [1.29, 1.82) is 0 Å². The molecule has 0 saturated carbocycles. The van der Waals surface area contributed by atoms with Crippen molar-refractivity contribution in [2.45, 2.75) is 50.8 Å². The molecule has 6 nitrogen and oxygen atoms in total. The Kier molecular flexibility index (Phi) is 8.79. The largest absolute Gasteiger partial charge is 0.302 e. The van der Waals surface area contributed by atoms with Crippen molar-refractivity contribution >= 4 is 44.2 Å². The van der Waals surface area contributed by atoms with Crippen LogP contribution in [0.5, 0.6) is 0 Å². The van der Waals surface area contributed by atoms with E-state index in [9.17, 15) is 13.2 Å². The van der Waals surface area contributed by atoms with Crippen LogP contribution in [0.1, 0.15) is 51.5 Å². The molecule has 174 valence electrons. The molecule has 0 fully saturated rings. The Morgan fingerprint density at radius 1 is 1.09 bits per heavy atom. The lowest BCUT2D eigenvalue weighted by Crippen LogP contribution is -2.12. The second-order valence-electron chi connectivity index (χ2n) is 7.73. The van der Waals surface area contributed by atoms with Crippen LogP contribution in [-0.4, -0.2) is 19.3 Å². The van der Waals surface area contributed by atoms with E-state index in [1.54, 1.807) is 30.3 Å². The van der Waals surface area contributed by atoms with Crippen molar-refractivity contribution in [3.8, 4) is 11.3 Å². The molecular formula is C25H29N3O3S2. The summed E-state index contributed by atoms with van der Waals surface area (Å²) < 4.78 is 28.3. The van der Waals surface area contributed by atoms with Crippen molar-refractivity contribution in [2.24, 2.45) is 0 Å². The minimum Gasteiger partial charge on any atom is -0.302 e. The fourth-order valence-corrected chi connectivity index (χ4v) is 5.05. The van der Waals surface area contributed by atoms with Crippen LogP contribution in [0, 0.1) is 0 Å². The number of carbonyl (C=O) groups excluding carboxylic acids is 1. The normalized spacial score (nSPS) is 11.6. The number of sulfonamides is 1. The smallest absolute Gasteiger partial charge is 0.261 e. The van der Waals surface area contributed by atoms with Gasteiger partial charge in [0.05, 0.1) is 10.6 Å². The van der Waals surface area contributed by atoms with Crippen molar-refractivity contribution in [1.82, 2.24) is 4.98 Å². The maximum atomic E-state index is 12.9.